The zero-order chi connectivity index (χ0) is 24.9. The first-order valence-corrected chi connectivity index (χ1v) is 11.3. The van der Waals surface area contributed by atoms with E-state index in [9.17, 15) is 19.5 Å². The third kappa shape index (κ3) is 5.45. The van der Waals surface area contributed by atoms with Gasteiger partial charge in [-0.3, -0.25) is 10.1 Å². The van der Waals surface area contributed by atoms with Crippen LogP contribution in [0.15, 0.2) is 66.7 Å². The van der Waals surface area contributed by atoms with Gasteiger partial charge in [-0.2, -0.15) is 0 Å². The Morgan fingerprint density at radius 3 is 2.20 bits per heavy atom. The highest BCUT2D eigenvalue weighted by atomic mass is 35.5. The average molecular weight is 495 g/mol. The molecule has 0 fully saturated rings. The average Bonchev–Trinajstić information content (AvgIpc) is 3.15. The van der Waals surface area contributed by atoms with Crippen molar-refractivity contribution in [1.82, 2.24) is 5.32 Å². The molecule has 0 aliphatic heterocycles. The molecule has 9 heteroatoms. The van der Waals surface area contributed by atoms with Gasteiger partial charge < -0.3 is 20.3 Å². The van der Waals surface area contributed by atoms with E-state index in [1.54, 1.807) is 0 Å². The molecule has 3 aromatic rings. The number of nitrogens with one attached hydrogen (secondary N) is 2. The van der Waals surface area contributed by atoms with Crippen LogP contribution in [0.25, 0.3) is 11.1 Å². The quantitative estimate of drug-likeness (QED) is 0.370. The molecule has 0 bridgehead atoms. The van der Waals surface area contributed by atoms with E-state index in [1.165, 1.54) is 18.2 Å². The Bertz CT molecular complexity index is 1230. The summed E-state index contributed by atoms with van der Waals surface area (Å²) in [6, 6.07) is 18.9. The summed E-state index contributed by atoms with van der Waals surface area (Å²) in [6.07, 6.45) is -0.865. The maximum absolute atomic E-state index is 12.6. The van der Waals surface area contributed by atoms with Gasteiger partial charge in [0.15, 0.2) is 0 Å². The molecule has 2 amide bonds. The van der Waals surface area contributed by atoms with Crippen LogP contribution in [-0.2, 0) is 9.53 Å². The fraction of sp³-hybridized carbons (Fsp3) is 0.192. The monoisotopic (exact) mass is 494 g/mol. The van der Waals surface area contributed by atoms with E-state index in [0.29, 0.717) is 0 Å². The van der Waals surface area contributed by atoms with Crippen LogP contribution in [0.2, 0.25) is 5.02 Å². The number of aliphatic hydroxyl groups excluding tert-OH is 1. The standard InChI is InChI=1S/C26H23ClN2O6/c27-16-11-15(24(31)29-23(9-10-30)25(32)33)12-17(13-16)28-26(34)35-14-22-20-7-3-1-5-18(20)19-6-2-4-8-21(19)22/h1-8,11-13,22-23,30H,9-10,14H2,(H,28,34)(H,29,31)(H,32,33)/t23-/m0/s1. The first kappa shape index (κ1) is 24.3. The number of amides is 2. The minimum Gasteiger partial charge on any atom is -0.480 e. The van der Waals surface area contributed by atoms with Crippen LogP contribution in [0.5, 0.6) is 0 Å². The van der Waals surface area contributed by atoms with Gasteiger partial charge >= 0.3 is 12.1 Å². The summed E-state index contributed by atoms with van der Waals surface area (Å²) in [5.41, 5.74) is 4.66. The van der Waals surface area contributed by atoms with E-state index in [4.69, 9.17) is 21.4 Å². The molecule has 3 aromatic carbocycles. The predicted molar refractivity (Wildman–Crippen MR) is 131 cm³/mol. The molecular weight excluding hydrogens is 472 g/mol. The van der Waals surface area contributed by atoms with Gasteiger partial charge in [-0.25, -0.2) is 9.59 Å². The fourth-order valence-corrected chi connectivity index (χ4v) is 4.41. The number of fused-ring (bicyclic) bond motifs is 3. The molecule has 0 spiro atoms. The second kappa shape index (κ2) is 10.6. The first-order valence-electron chi connectivity index (χ1n) is 10.9. The van der Waals surface area contributed by atoms with Gasteiger partial charge in [-0.05, 0) is 40.5 Å². The summed E-state index contributed by atoms with van der Waals surface area (Å²) in [7, 11) is 0. The molecule has 4 N–H and O–H groups in total. The summed E-state index contributed by atoms with van der Waals surface area (Å²) in [5.74, 6) is -2.08. The van der Waals surface area contributed by atoms with Gasteiger partial charge in [0.25, 0.3) is 5.91 Å². The highest BCUT2D eigenvalue weighted by Crippen LogP contribution is 2.44. The highest BCUT2D eigenvalue weighted by molar-refractivity contribution is 6.31. The van der Waals surface area contributed by atoms with Crippen molar-refractivity contribution in [2.75, 3.05) is 18.5 Å². The maximum atomic E-state index is 12.6. The Balaban J connectivity index is 1.43. The van der Waals surface area contributed by atoms with Crippen LogP contribution < -0.4 is 10.6 Å². The lowest BCUT2D eigenvalue weighted by molar-refractivity contribution is -0.139. The Labute approximate surface area is 206 Å². The van der Waals surface area contributed by atoms with Gasteiger partial charge in [0.05, 0.1) is 0 Å². The number of aliphatic carboxylic acids is 1. The van der Waals surface area contributed by atoms with E-state index in [-0.39, 0.29) is 35.2 Å². The zero-order valence-corrected chi connectivity index (χ0v) is 19.3. The van der Waals surface area contributed by atoms with Crippen molar-refractivity contribution in [3.63, 3.8) is 0 Å². The van der Waals surface area contributed by atoms with E-state index < -0.39 is 30.6 Å². The SMILES string of the molecule is O=C(Nc1cc(Cl)cc(C(=O)N[C@@H](CCO)C(=O)O)c1)OCC1c2ccccc2-c2ccccc21. The molecule has 8 nitrogen and oxygen atoms in total. The van der Waals surface area contributed by atoms with Crippen LogP contribution in [-0.4, -0.2) is 47.4 Å². The van der Waals surface area contributed by atoms with Crippen molar-refractivity contribution in [1.29, 1.82) is 0 Å². The number of aliphatic hydroxyl groups is 1. The van der Waals surface area contributed by atoms with Crippen molar-refractivity contribution in [3.05, 3.63) is 88.4 Å². The summed E-state index contributed by atoms with van der Waals surface area (Å²) < 4.78 is 5.51. The summed E-state index contributed by atoms with van der Waals surface area (Å²) in [6.45, 7) is -0.281. The second-order valence-corrected chi connectivity index (χ2v) is 8.49. The number of rotatable bonds is 8. The normalized spacial score (nSPS) is 12.9. The molecular formula is C26H23ClN2O6. The number of carboxylic acid groups (broad SMARTS) is 1. The van der Waals surface area contributed by atoms with Crippen LogP contribution in [0.4, 0.5) is 10.5 Å². The summed E-state index contributed by atoms with van der Waals surface area (Å²) in [4.78, 5) is 36.3. The Morgan fingerprint density at radius 2 is 1.60 bits per heavy atom. The third-order valence-electron chi connectivity index (χ3n) is 5.77. The second-order valence-electron chi connectivity index (χ2n) is 8.06. The van der Waals surface area contributed by atoms with Crippen molar-refractivity contribution in [2.45, 2.75) is 18.4 Å². The van der Waals surface area contributed by atoms with E-state index >= 15 is 0 Å². The minimum atomic E-state index is -1.27. The number of ether oxygens (including phenoxy) is 1. The molecule has 1 atom stereocenters. The molecule has 0 heterocycles. The molecule has 0 unspecified atom stereocenters. The maximum Gasteiger partial charge on any atom is 0.411 e. The number of halogens is 1. The molecule has 1 aliphatic carbocycles. The Hall–Kier alpha value is -3.88. The largest absolute Gasteiger partial charge is 0.480 e. The molecule has 0 saturated heterocycles. The third-order valence-corrected chi connectivity index (χ3v) is 5.99. The van der Waals surface area contributed by atoms with Gasteiger partial charge in [0, 0.05) is 35.2 Å². The zero-order valence-electron chi connectivity index (χ0n) is 18.5. The summed E-state index contributed by atoms with van der Waals surface area (Å²) >= 11 is 6.10. The lowest BCUT2D eigenvalue weighted by atomic mass is 9.98. The van der Waals surface area contributed by atoms with Crippen LogP contribution in [0.3, 0.4) is 0 Å². The van der Waals surface area contributed by atoms with Crippen molar-refractivity contribution < 1.29 is 29.3 Å². The molecule has 0 radical (unpaired) electrons. The highest BCUT2D eigenvalue weighted by Gasteiger charge is 2.29. The molecule has 0 saturated carbocycles. The van der Waals surface area contributed by atoms with Gasteiger partial charge in [0.2, 0.25) is 0 Å². The van der Waals surface area contributed by atoms with Crippen LogP contribution in [0, 0.1) is 0 Å². The topological polar surface area (TPSA) is 125 Å². The van der Waals surface area contributed by atoms with E-state index in [2.05, 4.69) is 10.6 Å². The fourth-order valence-electron chi connectivity index (χ4n) is 4.17. The number of anilines is 1. The van der Waals surface area contributed by atoms with Gasteiger partial charge in [0.1, 0.15) is 12.6 Å². The number of hydrogen-bond donors (Lipinski definition) is 4. The lowest BCUT2D eigenvalue weighted by Crippen LogP contribution is -2.41. The van der Waals surface area contributed by atoms with Gasteiger partial charge in [-0.15, -0.1) is 0 Å². The van der Waals surface area contributed by atoms with Crippen molar-refractivity contribution >= 4 is 35.3 Å². The van der Waals surface area contributed by atoms with Crippen molar-refractivity contribution in [3.8, 4) is 11.1 Å². The molecule has 1 aliphatic rings. The Morgan fingerprint density at radius 1 is 0.971 bits per heavy atom. The van der Waals surface area contributed by atoms with Crippen LogP contribution >= 0.6 is 11.6 Å². The molecule has 0 aromatic heterocycles. The minimum absolute atomic E-state index is 0.0515. The molecule has 180 valence electrons. The number of carbonyl (C=O) groups excluding carboxylic acids is 2. The van der Waals surface area contributed by atoms with E-state index in [1.807, 2.05) is 48.5 Å². The smallest absolute Gasteiger partial charge is 0.411 e. The summed E-state index contributed by atoms with van der Waals surface area (Å²) in [5, 5.41) is 23.2. The molecule has 35 heavy (non-hydrogen) atoms. The van der Waals surface area contributed by atoms with Gasteiger partial charge in [-0.1, -0.05) is 60.1 Å². The number of hydrogen-bond acceptors (Lipinski definition) is 5. The number of benzene rings is 3. The number of carboxylic acids is 1. The van der Waals surface area contributed by atoms with Crippen LogP contribution in [0.1, 0.15) is 33.8 Å². The molecule has 4 rings (SSSR count). The number of carbonyl (C=O) groups is 3. The lowest BCUT2D eigenvalue weighted by Gasteiger charge is -2.16. The van der Waals surface area contributed by atoms with Crippen molar-refractivity contribution in [2.24, 2.45) is 0 Å². The predicted octanol–water partition coefficient (Wildman–Crippen LogP) is 4.27. The van der Waals surface area contributed by atoms with E-state index in [0.717, 1.165) is 22.3 Å². The first-order chi connectivity index (χ1) is 16.9. The Kier molecular flexibility index (Phi) is 7.33.